The molecule has 0 amide bonds. The highest BCUT2D eigenvalue weighted by Gasteiger charge is 2.20. The smallest absolute Gasteiger partial charge is 0.334 e. The lowest BCUT2D eigenvalue weighted by Crippen LogP contribution is -2.25. The first-order valence-corrected chi connectivity index (χ1v) is 7.12. The van der Waals surface area contributed by atoms with Crippen LogP contribution in [0.15, 0.2) is 40.9 Å². The van der Waals surface area contributed by atoms with Crippen molar-refractivity contribution in [3.63, 3.8) is 0 Å². The molecule has 0 saturated carbocycles. The van der Waals surface area contributed by atoms with Crippen molar-refractivity contribution in [1.29, 1.82) is 0 Å². The number of hydrogen-bond acceptors (Lipinski definition) is 5. The van der Waals surface area contributed by atoms with Gasteiger partial charge in [-0.1, -0.05) is 23.3 Å². The minimum atomic E-state index is -0.566. The van der Waals surface area contributed by atoms with Crippen molar-refractivity contribution in [3.8, 4) is 11.4 Å². The van der Waals surface area contributed by atoms with Crippen LogP contribution < -0.4 is 0 Å². The van der Waals surface area contributed by atoms with Gasteiger partial charge in [0.1, 0.15) is 5.60 Å². The van der Waals surface area contributed by atoms with Crippen molar-refractivity contribution in [2.75, 3.05) is 0 Å². The normalized spacial score (nSPS) is 11.3. The molecule has 0 unspecified atom stereocenters. The van der Waals surface area contributed by atoms with Crippen LogP contribution in [0.1, 0.15) is 26.7 Å². The second kappa shape index (κ2) is 6.32. The molecule has 1 heterocycles. The number of nitrogens with zero attached hydrogens (tertiary/aromatic N) is 2. The number of ether oxygens (including phenoxy) is 1. The number of benzene rings is 1. The van der Waals surface area contributed by atoms with E-state index in [1.54, 1.807) is 45.0 Å². The molecule has 6 heteroatoms. The molecular weight excluding hydrogens is 304 g/mol. The molecule has 0 aliphatic heterocycles. The Hall–Kier alpha value is -2.14. The number of carbonyl (C=O) groups is 1. The third kappa shape index (κ3) is 4.43. The van der Waals surface area contributed by atoms with Gasteiger partial charge in [-0.05, 0) is 45.0 Å². The van der Waals surface area contributed by atoms with Crippen LogP contribution in [0, 0.1) is 0 Å². The SMILES string of the molecule is C=C(Cc1nc(-c2ccc(Cl)cc2)no1)C(=O)OC(C)(C)C. The summed E-state index contributed by atoms with van der Waals surface area (Å²) in [6.07, 6.45) is 0.148. The highest BCUT2D eigenvalue weighted by Crippen LogP contribution is 2.20. The Morgan fingerprint density at radius 2 is 1.95 bits per heavy atom. The molecule has 0 bridgehead atoms. The molecule has 5 nitrogen and oxygen atoms in total. The topological polar surface area (TPSA) is 65.2 Å². The second-order valence-corrected chi connectivity index (χ2v) is 6.24. The molecule has 1 aromatic heterocycles. The van der Waals surface area contributed by atoms with Crippen molar-refractivity contribution < 1.29 is 14.1 Å². The minimum absolute atomic E-state index is 0.148. The summed E-state index contributed by atoms with van der Waals surface area (Å²) in [4.78, 5) is 16.1. The molecule has 0 fully saturated rings. The van der Waals surface area contributed by atoms with E-state index in [9.17, 15) is 4.79 Å². The average Bonchev–Trinajstić information content (AvgIpc) is 2.86. The largest absolute Gasteiger partial charge is 0.457 e. The maximum Gasteiger partial charge on any atom is 0.334 e. The van der Waals surface area contributed by atoms with Crippen LogP contribution in [-0.2, 0) is 16.0 Å². The molecule has 2 aromatic rings. The minimum Gasteiger partial charge on any atom is -0.457 e. The molecule has 0 atom stereocenters. The summed E-state index contributed by atoms with van der Waals surface area (Å²) in [6.45, 7) is 9.09. The lowest BCUT2D eigenvalue weighted by Gasteiger charge is -2.19. The number of esters is 1. The monoisotopic (exact) mass is 320 g/mol. The van der Waals surface area contributed by atoms with Crippen molar-refractivity contribution in [2.24, 2.45) is 0 Å². The van der Waals surface area contributed by atoms with Crippen LogP contribution >= 0.6 is 11.6 Å². The highest BCUT2D eigenvalue weighted by atomic mass is 35.5. The predicted molar refractivity (Wildman–Crippen MR) is 83.4 cm³/mol. The van der Waals surface area contributed by atoms with Crippen LogP contribution in [0.5, 0.6) is 0 Å². The number of aromatic nitrogens is 2. The van der Waals surface area contributed by atoms with Gasteiger partial charge < -0.3 is 9.26 Å². The number of halogens is 1. The molecule has 0 aliphatic rings. The average molecular weight is 321 g/mol. The first kappa shape index (κ1) is 16.2. The fraction of sp³-hybridized carbons (Fsp3) is 0.312. The van der Waals surface area contributed by atoms with E-state index in [-0.39, 0.29) is 12.0 Å². The molecule has 0 saturated heterocycles. The van der Waals surface area contributed by atoms with Crippen molar-refractivity contribution in [2.45, 2.75) is 32.8 Å². The van der Waals surface area contributed by atoms with Crippen LogP contribution in [0.2, 0.25) is 5.02 Å². The standard InChI is InChI=1S/C16H17ClN2O3/c1-10(15(20)21-16(2,3)4)9-13-18-14(19-22-13)11-5-7-12(17)8-6-11/h5-8H,1,9H2,2-4H3. The van der Waals surface area contributed by atoms with Gasteiger partial charge in [0.05, 0.1) is 6.42 Å². The van der Waals surface area contributed by atoms with E-state index in [0.717, 1.165) is 5.56 Å². The zero-order valence-corrected chi connectivity index (χ0v) is 13.5. The first-order valence-electron chi connectivity index (χ1n) is 6.74. The van der Waals surface area contributed by atoms with Gasteiger partial charge in [-0.15, -0.1) is 0 Å². The molecule has 0 spiro atoms. The van der Waals surface area contributed by atoms with E-state index < -0.39 is 11.6 Å². The quantitative estimate of drug-likeness (QED) is 0.632. The summed E-state index contributed by atoms with van der Waals surface area (Å²) in [7, 11) is 0. The third-order valence-corrected chi connectivity index (χ3v) is 2.87. The van der Waals surface area contributed by atoms with Gasteiger partial charge in [0.15, 0.2) is 0 Å². The molecule has 1 aromatic carbocycles. The van der Waals surface area contributed by atoms with E-state index in [4.69, 9.17) is 20.9 Å². The van der Waals surface area contributed by atoms with E-state index in [1.807, 2.05) is 0 Å². The fourth-order valence-corrected chi connectivity index (χ4v) is 1.77. The summed E-state index contributed by atoms with van der Waals surface area (Å²) in [5.74, 6) is 0.267. The summed E-state index contributed by atoms with van der Waals surface area (Å²) in [6, 6.07) is 7.07. The van der Waals surface area contributed by atoms with Gasteiger partial charge in [0, 0.05) is 16.2 Å². The summed E-state index contributed by atoms with van der Waals surface area (Å²) >= 11 is 5.83. The first-order chi connectivity index (χ1) is 10.2. The van der Waals surface area contributed by atoms with Crippen molar-refractivity contribution >= 4 is 17.6 Å². The Bertz CT molecular complexity index is 684. The van der Waals surface area contributed by atoms with Gasteiger partial charge in [-0.2, -0.15) is 4.98 Å². The molecule has 116 valence electrons. The van der Waals surface area contributed by atoms with Crippen molar-refractivity contribution in [1.82, 2.24) is 10.1 Å². The third-order valence-electron chi connectivity index (χ3n) is 2.62. The van der Waals surface area contributed by atoms with Crippen LogP contribution in [0.25, 0.3) is 11.4 Å². The van der Waals surface area contributed by atoms with E-state index in [1.165, 1.54) is 0 Å². The Labute approximate surface area is 133 Å². The van der Waals surface area contributed by atoms with Crippen LogP contribution in [0.3, 0.4) is 0 Å². The van der Waals surface area contributed by atoms with Gasteiger partial charge in [0.25, 0.3) is 0 Å². The van der Waals surface area contributed by atoms with Gasteiger partial charge in [0.2, 0.25) is 11.7 Å². The van der Waals surface area contributed by atoms with Crippen molar-refractivity contribution in [3.05, 3.63) is 47.3 Å². The highest BCUT2D eigenvalue weighted by molar-refractivity contribution is 6.30. The second-order valence-electron chi connectivity index (χ2n) is 5.80. The van der Waals surface area contributed by atoms with Gasteiger partial charge >= 0.3 is 5.97 Å². The Morgan fingerprint density at radius 1 is 1.32 bits per heavy atom. The molecular formula is C16H17ClN2O3. The maximum absolute atomic E-state index is 11.9. The zero-order chi connectivity index (χ0) is 16.3. The number of carbonyl (C=O) groups excluding carboxylic acids is 1. The van der Waals surface area contributed by atoms with Crippen LogP contribution in [-0.4, -0.2) is 21.7 Å². The Kier molecular flexibility index (Phi) is 4.66. The summed E-state index contributed by atoms with van der Waals surface area (Å²) in [5, 5.41) is 4.51. The van der Waals surface area contributed by atoms with E-state index >= 15 is 0 Å². The maximum atomic E-state index is 11.9. The van der Waals surface area contributed by atoms with Gasteiger partial charge in [-0.3, -0.25) is 0 Å². The molecule has 22 heavy (non-hydrogen) atoms. The van der Waals surface area contributed by atoms with E-state index in [0.29, 0.717) is 16.7 Å². The number of rotatable bonds is 4. The lowest BCUT2D eigenvalue weighted by atomic mass is 10.1. The molecule has 0 N–H and O–H groups in total. The zero-order valence-electron chi connectivity index (χ0n) is 12.7. The molecule has 2 rings (SSSR count). The summed E-state index contributed by atoms with van der Waals surface area (Å²) in [5.41, 5.74) is 0.479. The number of hydrogen-bond donors (Lipinski definition) is 0. The molecule has 0 radical (unpaired) electrons. The van der Waals surface area contributed by atoms with Gasteiger partial charge in [-0.25, -0.2) is 4.79 Å². The van der Waals surface area contributed by atoms with E-state index in [2.05, 4.69) is 16.7 Å². The summed E-state index contributed by atoms with van der Waals surface area (Å²) < 4.78 is 10.4. The lowest BCUT2D eigenvalue weighted by molar-refractivity contribution is -0.150. The fourth-order valence-electron chi connectivity index (χ4n) is 1.65. The Balaban J connectivity index is 2.04. The molecule has 0 aliphatic carbocycles. The predicted octanol–water partition coefficient (Wildman–Crippen LogP) is 3.83. The van der Waals surface area contributed by atoms with Crippen LogP contribution in [0.4, 0.5) is 0 Å². The Morgan fingerprint density at radius 3 is 2.55 bits per heavy atom.